The Balaban J connectivity index is -0.0000000417. The van der Waals surface area contributed by atoms with E-state index in [4.69, 9.17) is 19.8 Å². The Morgan fingerprint density at radius 3 is 1.00 bits per heavy atom. The van der Waals surface area contributed by atoms with Crippen molar-refractivity contribution in [1.82, 2.24) is 0 Å². The molecule has 0 rings (SSSR count). The molecule has 0 fully saturated rings. The van der Waals surface area contributed by atoms with Crippen LogP contribution in [0.1, 0.15) is 0 Å². The standard InChI is InChI=1S/C2H2O4.2Na.H2O.2H/c3-1(4)2(5)6;;;;;/h(H,3,4)(H,5,6);;;1H2;;. The van der Waals surface area contributed by atoms with Crippen LogP contribution >= 0.6 is 0 Å². The molecule has 4 N–H and O–H groups in total. The van der Waals surface area contributed by atoms with Crippen LogP contribution in [0.15, 0.2) is 0 Å². The normalized spacial score (nSPS) is 4.89. The van der Waals surface area contributed by atoms with Crippen LogP contribution in [-0.2, 0) is 9.59 Å². The Bertz CT molecular complexity index is 79.0. The number of carboxylic acid groups (broad SMARTS) is 2. The van der Waals surface area contributed by atoms with Gasteiger partial charge in [-0.3, -0.25) is 0 Å². The third-order valence-corrected chi connectivity index (χ3v) is 0.183. The fraction of sp³-hybridized carbons (Fsp3) is 0. The van der Waals surface area contributed by atoms with Gasteiger partial charge in [0.05, 0.1) is 0 Å². The van der Waals surface area contributed by atoms with E-state index in [1.165, 1.54) is 0 Å². The fourth-order valence-electron chi connectivity index (χ4n) is 0. The van der Waals surface area contributed by atoms with Crippen LogP contribution in [0.3, 0.4) is 0 Å². The summed E-state index contributed by atoms with van der Waals surface area (Å²) in [6.07, 6.45) is 0. The molecular weight excluding hydrogens is 150 g/mol. The summed E-state index contributed by atoms with van der Waals surface area (Å²) in [6, 6.07) is 0. The quantitative estimate of drug-likeness (QED) is 0.288. The van der Waals surface area contributed by atoms with Crippen molar-refractivity contribution in [2.45, 2.75) is 0 Å². The van der Waals surface area contributed by atoms with Crippen molar-refractivity contribution in [3.8, 4) is 0 Å². The van der Waals surface area contributed by atoms with Gasteiger partial charge in [0.15, 0.2) is 0 Å². The average molecular weight is 156 g/mol. The van der Waals surface area contributed by atoms with Crippen molar-refractivity contribution >= 4 is 71.1 Å². The molecule has 7 heteroatoms. The van der Waals surface area contributed by atoms with E-state index in [-0.39, 0.29) is 64.6 Å². The van der Waals surface area contributed by atoms with Gasteiger partial charge >= 0.3 is 71.1 Å². The number of hydrogen-bond acceptors (Lipinski definition) is 2. The van der Waals surface area contributed by atoms with Gasteiger partial charge in [0.25, 0.3) is 0 Å². The zero-order valence-corrected chi connectivity index (χ0v) is 3.21. The van der Waals surface area contributed by atoms with E-state index < -0.39 is 11.9 Å². The van der Waals surface area contributed by atoms with Gasteiger partial charge in [-0.15, -0.1) is 0 Å². The van der Waals surface area contributed by atoms with Gasteiger partial charge in [0, 0.05) is 0 Å². The molecule has 0 aromatic carbocycles. The maximum absolute atomic E-state index is 9.10. The summed E-state index contributed by atoms with van der Waals surface area (Å²) in [6.45, 7) is 0. The van der Waals surface area contributed by atoms with Crippen LogP contribution in [0.2, 0.25) is 0 Å². The third kappa shape index (κ3) is 17.6. The van der Waals surface area contributed by atoms with Crippen LogP contribution in [0.4, 0.5) is 0 Å². The second kappa shape index (κ2) is 11.7. The molecule has 0 amide bonds. The van der Waals surface area contributed by atoms with E-state index in [0.29, 0.717) is 0 Å². The first-order valence-electron chi connectivity index (χ1n) is 1.11. The first-order valence-corrected chi connectivity index (χ1v) is 1.11. The molecule has 0 radical (unpaired) electrons. The molecule has 9 heavy (non-hydrogen) atoms. The van der Waals surface area contributed by atoms with Gasteiger partial charge in [-0.25, -0.2) is 9.59 Å². The van der Waals surface area contributed by atoms with Gasteiger partial charge in [-0.05, 0) is 0 Å². The summed E-state index contributed by atoms with van der Waals surface area (Å²) in [5, 5.41) is 14.8. The van der Waals surface area contributed by atoms with E-state index in [1.54, 1.807) is 0 Å². The molecule has 0 aromatic rings. The molecule has 46 valence electrons. The van der Waals surface area contributed by atoms with Crippen LogP contribution < -0.4 is 0 Å². The molecule has 0 bridgehead atoms. The number of aliphatic carboxylic acids is 2. The number of carboxylic acids is 2. The average Bonchev–Trinajstić information content (AvgIpc) is 1.36. The van der Waals surface area contributed by atoms with E-state index in [0.717, 1.165) is 0 Å². The van der Waals surface area contributed by atoms with Gasteiger partial charge < -0.3 is 15.7 Å². The molecule has 0 saturated heterocycles. The molecule has 0 atom stereocenters. The predicted molar refractivity (Wildman–Crippen MR) is 33.2 cm³/mol. The van der Waals surface area contributed by atoms with Crippen molar-refractivity contribution in [2.75, 3.05) is 0 Å². The summed E-state index contributed by atoms with van der Waals surface area (Å²) >= 11 is 0. The number of carbonyl (C=O) groups is 2. The van der Waals surface area contributed by atoms with Crippen LogP contribution in [0, 0.1) is 0 Å². The molecule has 0 aromatic heterocycles. The minimum atomic E-state index is -1.82. The second-order valence-corrected chi connectivity index (χ2v) is 0.610. The molecule has 0 saturated carbocycles. The minimum absolute atomic E-state index is 0. The molecule has 0 aliphatic carbocycles. The van der Waals surface area contributed by atoms with Gasteiger partial charge in [0.2, 0.25) is 0 Å². The van der Waals surface area contributed by atoms with Gasteiger partial charge in [0.1, 0.15) is 0 Å². The zero-order valence-electron chi connectivity index (χ0n) is 3.21. The Morgan fingerprint density at radius 2 is 1.00 bits per heavy atom. The molecule has 0 spiro atoms. The number of rotatable bonds is 0. The maximum atomic E-state index is 9.10. The molecule has 0 unspecified atom stereocenters. The van der Waals surface area contributed by atoms with Crippen LogP contribution in [-0.4, -0.2) is 86.7 Å². The van der Waals surface area contributed by atoms with E-state index in [9.17, 15) is 0 Å². The van der Waals surface area contributed by atoms with Gasteiger partial charge in [-0.2, -0.15) is 0 Å². The summed E-state index contributed by atoms with van der Waals surface area (Å²) in [5.74, 6) is -3.65. The van der Waals surface area contributed by atoms with Gasteiger partial charge in [-0.1, -0.05) is 0 Å². The molecule has 0 aliphatic heterocycles. The SMILES string of the molecule is O.O=C(O)C(=O)O.[NaH].[NaH]. The van der Waals surface area contributed by atoms with E-state index in [2.05, 4.69) is 0 Å². The first kappa shape index (κ1) is 22.5. The van der Waals surface area contributed by atoms with Crippen LogP contribution in [0.25, 0.3) is 0 Å². The topological polar surface area (TPSA) is 106 Å². The van der Waals surface area contributed by atoms with Crippen molar-refractivity contribution in [1.29, 1.82) is 0 Å². The van der Waals surface area contributed by atoms with Crippen LogP contribution in [0.5, 0.6) is 0 Å². The molecule has 0 aliphatic rings. The zero-order chi connectivity index (χ0) is 5.15. The Morgan fingerprint density at radius 1 is 0.889 bits per heavy atom. The molecular formula is C2H6Na2O5. The number of hydrogen-bond donors (Lipinski definition) is 2. The van der Waals surface area contributed by atoms with E-state index >= 15 is 0 Å². The molecule has 5 nitrogen and oxygen atoms in total. The second-order valence-electron chi connectivity index (χ2n) is 0.610. The van der Waals surface area contributed by atoms with Crippen molar-refractivity contribution in [3.63, 3.8) is 0 Å². The monoisotopic (exact) mass is 156 g/mol. The fourth-order valence-corrected chi connectivity index (χ4v) is 0. The van der Waals surface area contributed by atoms with E-state index in [1.807, 2.05) is 0 Å². The predicted octanol–water partition coefficient (Wildman–Crippen LogP) is -2.97. The summed E-state index contributed by atoms with van der Waals surface area (Å²) < 4.78 is 0. The summed E-state index contributed by atoms with van der Waals surface area (Å²) in [7, 11) is 0. The van der Waals surface area contributed by atoms with Crippen molar-refractivity contribution in [3.05, 3.63) is 0 Å². The third-order valence-electron chi connectivity index (χ3n) is 0.183. The first-order chi connectivity index (χ1) is 2.64. The van der Waals surface area contributed by atoms with Crippen molar-refractivity contribution < 1.29 is 25.3 Å². The summed E-state index contributed by atoms with van der Waals surface area (Å²) in [5.41, 5.74) is 0. The Labute approximate surface area is 95.3 Å². The Hall–Kier alpha value is 0.900. The summed E-state index contributed by atoms with van der Waals surface area (Å²) in [4.78, 5) is 18.2. The Kier molecular flexibility index (Phi) is 29.2. The van der Waals surface area contributed by atoms with Crippen molar-refractivity contribution in [2.24, 2.45) is 0 Å². The molecule has 0 heterocycles.